The van der Waals surface area contributed by atoms with E-state index in [2.05, 4.69) is 19.2 Å². The molecule has 0 aromatic carbocycles. The van der Waals surface area contributed by atoms with E-state index < -0.39 is 5.97 Å². The van der Waals surface area contributed by atoms with Crippen molar-refractivity contribution < 1.29 is 14.7 Å². The molecule has 0 heterocycles. The fourth-order valence-corrected chi connectivity index (χ4v) is 2.94. The second-order valence-electron chi connectivity index (χ2n) is 5.92. The highest BCUT2D eigenvalue weighted by molar-refractivity contribution is 5.78. The minimum Gasteiger partial charge on any atom is -0.481 e. The molecule has 110 valence electrons. The van der Waals surface area contributed by atoms with Crippen molar-refractivity contribution in [1.29, 1.82) is 0 Å². The van der Waals surface area contributed by atoms with Crippen LogP contribution in [-0.2, 0) is 9.59 Å². The van der Waals surface area contributed by atoms with E-state index in [1.807, 2.05) is 0 Å². The molecule has 0 unspecified atom stereocenters. The van der Waals surface area contributed by atoms with Gasteiger partial charge in [0.25, 0.3) is 0 Å². The van der Waals surface area contributed by atoms with Gasteiger partial charge in [0, 0.05) is 12.5 Å². The van der Waals surface area contributed by atoms with Crippen LogP contribution in [0.15, 0.2) is 0 Å². The van der Waals surface area contributed by atoms with Gasteiger partial charge in [0.2, 0.25) is 5.91 Å². The van der Waals surface area contributed by atoms with Crippen LogP contribution >= 0.6 is 0 Å². The molecule has 0 aliphatic heterocycles. The minimum absolute atomic E-state index is 0.0944. The van der Waals surface area contributed by atoms with Crippen molar-refractivity contribution in [3.05, 3.63) is 0 Å². The van der Waals surface area contributed by atoms with Crippen molar-refractivity contribution in [1.82, 2.24) is 5.32 Å². The maximum Gasteiger partial charge on any atom is 0.303 e. The van der Waals surface area contributed by atoms with Crippen LogP contribution in [0.2, 0.25) is 0 Å². The van der Waals surface area contributed by atoms with Crippen molar-refractivity contribution in [2.75, 3.05) is 6.54 Å². The molecule has 4 nitrogen and oxygen atoms in total. The summed E-state index contributed by atoms with van der Waals surface area (Å²) in [4.78, 5) is 23.0. The topological polar surface area (TPSA) is 66.4 Å². The third-order valence-electron chi connectivity index (χ3n) is 4.22. The fourth-order valence-electron chi connectivity index (χ4n) is 2.94. The molecule has 2 N–H and O–H groups in total. The van der Waals surface area contributed by atoms with Crippen molar-refractivity contribution in [2.24, 2.45) is 11.3 Å². The molecule has 1 saturated carbocycles. The number of carbonyl (C=O) groups is 2. The molecule has 0 saturated heterocycles. The molecular weight excluding hydrogens is 242 g/mol. The van der Waals surface area contributed by atoms with Gasteiger partial charge in [-0.1, -0.05) is 33.1 Å². The highest BCUT2D eigenvalue weighted by Gasteiger charge is 2.39. The summed E-state index contributed by atoms with van der Waals surface area (Å²) in [6.45, 7) is 4.71. The number of hydrogen-bond donors (Lipinski definition) is 2. The Bertz CT molecular complexity index is 305. The first-order valence-electron chi connectivity index (χ1n) is 7.52. The molecule has 0 atom stereocenters. The summed E-state index contributed by atoms with van der Waals surface area (Å²) in [5.74, 6) is -0.551. The minimum atomic E-state index is -0.757. The molecule has 1 aliphatic rings. The van der Waals surface area contributed by atoms with Gasteiger partial charge in [-0.15, -0.1) is 0 Å². The molecule has 1 fully saturated rings. The van der Waals surface area contributed by atoms with Gasteiger partial charge in [-0.05, 0) is 31.1 Å². The number of nitrogens with one attached hydrogen (secondary N) is 1. The molecule has 1 aliphatic carbocycles. The number of carboxylic acid groups (broad SMARTS) is 1. The zero-order chi connectivity index (χ0) is 14.3. The van der Waals surface area contributed by atoms with Crippen molar-refractivity contribution in [3.63, 3.8) is 0 Å². The van der Waals surface area contributed by atoms with Crippen LogP contribution in [0.5, 0.6) is 0 Å². The number of rotatable bonds is 9. The van der Waals surface area contributed by atoms with Gasteiger partial charge in [-0.25, -0.2) is 0 Å². The second-order valence-corrected chi connectivity index (χ2v) is 5.92. The zero-order valence-corrected chi connectivity index (χ0v) is 12.2. The first-order chi connectivity index (χ1) is 9.03. The average Bonchev–Trinajstić information content (AvgIpc) is 2.31. The molecule has 0 spiro atoms. The highest BCUT2D eigenvalue weighted by Crippen LogP contribution is 2.43. The largest absolute Gasteiger partial charge is 0.481 e. The molecule has 0 aromatic rings. The van der Waals surface area contributed by atoms with Crippen LogP contribution in [0.1, 0.15) is 65.2 Å². The highest BCUT2D eigenvalue weighted by atomic mass is 16.4. The average molecular weight is 269 g/mol. The van der Waals surface area contributed by atoms with Crippen LogP contribution in [0, 0.1) is 11.3 Å². The molecule has 1 rings (SSSR count). The molecule has 0 radical (unpaired) electrons. The van der Waals surface area contributed by atoms with Crippen molar-refractivity contribution in [3.8, 4) is 0 Å². The standard InChI is InChI=1S/C15H27NO3/c1-3-6-12(7-4-2)14(19)16-11-15(8-5-9-15)10-13(17)18/h12H,3-11H2,1-2H3,(H,16,19)(H,17,18). The van der Waals surface area contributed by atoms with E-state index in [0.717, 1.165) is 44.9 Å². The van der Waals surface area contributed by atoms with Crippen LogP contribution < -0.4 is 5.32 Å². The number of carbonyl (C=O) groups excluding carboxylic acids is 1. The SMILES string of the molecule is CCCC(CCC)C(=O)NCC1(CC(=O)O)CCC1. The lowest BCUT2D eigenvalue weighted by atomic mass is 9.66. The summed E-state index contributed by atoms with van der Waals surface area (Å²) < 4.78 is 0. The van der Waals surface area contributed by atoms with E-state index in [1.54, 1.807) is 0 Å². The lowest BCUT2D eigenvalue weighted by Gasteiger charge is -2.41. The van der Waals surface area contributed by atoms with Crippen LogP contribution in [-0.4, -0.2) is 23.5 Å². The number of amides is 1. The van der Waals surface area contributed by atoms with Crippen LogP contribution in [0.3, 0.4) is 0 Å². The lowest BCUT2D eigenvalue weighted by molar-refractivity contribution is -0.142. The second kappa shape index (κ2) is 7.51. The summed E-state index contributed by atoms with van der Waals surface area (Å²) >= 11 is 0. The maximum atomic E-state index is 12.1. The molecule has 4 heteroatoms. The molecular formula is C15H27NO3. The zero-order valence-electron chi connectivity index (χ0n) is 12.2. The summed E-state index contributed by atoms with van der Waals surface area (Å²) in [6, 6.07) is 0. The van der Waals surface area contributed by atoms with Crippen molar-refractivity contribution >= 4 is 11.9 Å². The Balaban J connectivity index is 2.44. The van der Waals surface area contributed by atoms with Gasteiger partial charge in [-0.2, -0.15) is 0 Å². The van der Waals surface area contributed by atoms with E-state index in [-0.39, 0.29) is 23.7 Å². The molecule has 0 bridgehead atoms. The Hall–Kier alpha value is -1.06. The predicted octanol–water partition coefficient (Wildman–Crippen LogP) is 2.96. The third kappa shape index (κ3) is 4.84. The van der Waals surface area contributed by atoms with Gasteiger partial charge in [0.1, 0.15) is 0 Å². The summed E-state index contributed by atoms with van der Waals surface area (Å²) in [6.07, 6.45) is 6.97. The summed E-state index contributed by atoms with van der Waals surface area (Å²) in [5, 5.41) is 11.9. The number of aliphatic carboxylic acids is 1. The first kappa shape index (κ1) is 16.0. The van der Waals surface area contributed by atoms with Crippen LogP contribution in [0.25, 0.3) is 0 Å². The van der Waals surface area contributed by atoms with E-state index in [0.29, 0.717) is 6.54 Å². The van der Waals surface area contributed by atoms with Gasteiger partial charge >= 0.3 is 5.97 Å². The van der Waals surface area contributed by atoms with E-state index >= 15 is 0 Å². The Morgan fingerprint density at radius 3 is 2.16 bits per heavy atom. The molecule has 0 aromatic heterocycles. The quantitative estimate of drug-likeness (QED) is 0.676. The predicted molar refractivity (Wildman–Crippen MR) is 74.9 cm³/mol. The molecule has 1 amide bonds. The third-order valence-corrected chi connectivity index (χ3v) is 4.22. The summed E-state index contributed by atoms with van der Waals surface area (Å²) in [5.41, 5.74) is -0.176. The Kier molecular flexibility index (Phi) is 6.32. The molecule has 19 heavy (non-hydrogen) atoms. The van der Waals surface area contributed by atoms with Gasteiger partial charge in [0.15, 0.2) is 0 Å². The normalized spacial score (nSPS) is 17.0. The van der Waals surface area contributed by atoms with E-state index in [1.165, 1.54) is 0 Å². The van der Waals surface area contributed by atoms with Gasteiger partial charge in [-0.3, -0.25) is 9.59 Å². The Morgan fingerprint density at radius 1 is 1.21 bits per heavy atom. The fraction of sp³-hybridized carbons (Fsp3) is 0.867. The van der Waals surface area contributed by atoms with E-state index in [4.69, 9.17) is 5.11 Å². The van der Waals surface area contributed by atoms with Gasteiger partial charge in [0.05, 0.1) is 6.42 Å². The Labute approximate surface area is 116 Å². The maximum absolute atomic E-state index is 12.1. The lowest BCUT2D eigenvalue weighted by Crippen LogP contribution is -2.45. The first-order valence-corrected chi connectivity index (χ1v) is 7.52. The smallest absolute Gasteiger partial charge is 0.303 e. The van der Waals surface area contributed by atoms with Crippen molar-refractivity contribution in [2.45, 2.75) is 65.2 Å². The van der Waals surface area contributed by atoms with E-state index in [9.17, 15) is 9.59 Å². The number of hydrogen-bond acceptors (Lipinski definition) is 2. The summed E-state index contributed by atoms with van der Waals surface area (Å²) in [7, 11) is 0. The Morgan fingerprint density at radius 2 is 1.79 bits per heavy atom. The van der Waals surface area contributed by atoms with Crippen LogP contribution in [0.4, 0.5) is 0 Å². The monoisotopic (exact) mass is 269 g/mol. The number of carboxylic acids is 1. The van der Waals surface area contributed by atoms with Gasteiger partial charge < -0.3 is 10.4 Å².